The van der Waals surface area contributed by atoms with Gasteiger partial charge in [0.05, 0.1) is 12.1 Å². The standard InChI is InChI=1S/C20H16ClN3O4/c21-14-6-8-15(9-7-14)24-17(25)11-20(19(24)27)10-16(22-23-20)18(26)28-12-13-4-2-1-3-5-13/h1-9,23H,10-12H2/t20-/m0/s1. The van der Waals surface area contributed by atoms with Crippen LogP contribution in [-0.2, 0) is 25.7 Å². The van der Waals surface area contributed by atoms with Crippen LogP contribution in [0.15, 0.2) is 59.7 Å². The number of halogens is 1. The summed E-state index contributed by atoms with van der Waals surface area (Å²) in [7, 11) is 0. The molecular weight excluding hydrogens is 382 g/mol. The molecule has 142 valence electrons. The van der Waals surface area contributed by atoms with E-state index in [1.54, 1.807) is 24.3 Å². The van der Waals surface area contributed by atoms with Crippen LogP contribution in [0.2, 0.25) is 5.02 Å². The summed E-state index contributed by atoms with van der Waals surface area (Å²) in [6, 6.07) is 15.7. The van der Waals surface area contributed by atoms with Gasteiger partial charge in [0, 0.05) is 11.4 Å². The van der Waals surface area contributed by atoms with Crippen molar-refractivity contribution in [1.29, 1.82) is 0 Å². The highest BCUT2D eigenvalue weighted by atomic mass is 35.5. The number of amides is 2. The molecule has 1 atom stereocenters. The zero-order valence-electron chi connectivity index (χ0n) is 14.7. The number of carbonyl (C=O) groups excluding carboxylic acids is 3. The molecule has 2 amide bonds. The Bertz CT molecular complexity index is 975. The molecule has 2 heterocycles. The fourth-order valence-electron chi connectivity index (χ4n) is 3.28. The fourth-order valence-corrected chi connectivity index (χ4v) is 3.41. The molecule has 8 heteroatoms. The minimum Gasteiger partial charge on any atom is -0.456 e. The third-order valence-corrected chi connectivity index (χ3v) is 4.97. The van der Waals surface area contributed by atoms with Gasteiger partial charge >= 0.3 is 5.97 Å². The third-order valence-electron chi connectivity index (χ3n) is 4.72. The molecule has 28 heavy (non-hydrogen) atoms. The molecule has 2 aliphatic rings. The molecule has 1 fully saturated rings. The summed E-state index contributed by atoms with van der Waals surface area (Å²) < 4.78 is 5.27. The lowest BCUT2D eigenvalue weighted by atomic mass is 9.93. The number of nitrogens with zero attached hydrogens (tertiary/aromatic N) is 2. The Morgan fingerprint density at radius 1 is 1.11 bits per heavy atom. The molecule has 0 saturated carbocycles. The number of esters is 1. The Labute approximate surface area is 165 Å². The van der Waals surface area contributed by atoms with Crippen molar-refractivity contribution in [3.05, 3.63) is 65.2 Å². The quantitative estimate of drug-likeness (QED) is 0.632. The van der Waals surface area contributed by atoms with Crippen LogP contribution in [0.1, 0.15) is 18.4 Å². The number of anilines is 1. The molecule has 0 bridgehead atoms. The number of imide groups is 1. The molecule has 1 spiro atoms. The summed E-state index contributed by atoms with van der Waals surface area (Å²) in [4.78, 5) is 38.9. The van der Waals surface area contributed by atoms with Gasteiger partial charge in [0.1, 0.15) is 17.9 Å². The summed E-state index contributed by atoms with van der Waals surface area (Å²) in [6.07, 6.45) is -0.0945. The van der Waals surface area contributed by atoms with Gasteiger partial charge in [-0.1, -0.05) is 41.9 Å². The maximum atomic E-state index is 13.0. The molecule has 4 rings (SSSR count). The van der Waals surface area contributed by atoms with E-state index in [1.807, 2.05) is 30.3 Å². The molecular formula is C20H16ClN3O4. The van der Waals surface area contributed by atoms with Crippen LogP contribution in [0.5, 0.6) is 0 Å². The van der Waals surface area contributed by atoms with Crippen LogP contribution in [-0.4, -0.2) is 29.0 Å². The Morgan fingerprint density at radius 2 is 1.82 bits per heavy atom. The van der Waals surface area contributed by atoms with E-state index in [9.17, 15) is 14.4 Å². The first kappa shape index (κ1) is 18.2. The number of rotatable bonds is 4. The minimum absolute atomic E-state index is 0.00468. The van der Waals surface area contributed by atoms with Crippen molar-refractivity contribution >= 4 is 40.8 Å². The summed E-state index contributed by atoms with van der Waals surface area (Å²) in [6.45, 7) is 0.107. The zero-order valence-corrected chi connectivity index (χ0v) is 15.5. The molecule has 0 radical (unpaired) electrons. The number of carbonyl (C=O) groups is 3. The fraction of sp³-hybridized carbons (Fsp3) is 0.200. The Kier molecular flexibility index (Phi) is 4.60. The van der Waals surface area contributed by atoms with Crippen molar-refractivity contribution in [2.24, 2.45) is 5.10 Å². The van der Waals surface area contributed by atoms with Crippen molar-refractivity contribution in [1.82, 2.24) is 5.43 Å². The van der Waals surface area contributed by atoms with E-state index in [4.69, 9.17) is 16.3 Å². The maximum Gasteiger partial charge on any atom is 0.354 e. The van der Waals surface area contributed by atoms with E-state index in [1.165, 1.54) is 0 Å². The first-order valence-electron chi connectivity index (χ1n) is 8.66. The van der Waals surface area contributed by atoms with Crippen molar-refractivity contribution in [3.63, 3.8) is 0 Å². The lowest BCUT2D eigenvalue weighted by molar-refractivity contribution is -0.136. The van der Waals surface area contributed by atoms with Gasteiger partial charge in [-0.05, 0) is 29.8 Å². The van der Waals surface area contributed by atoms with E-state index < -0.39 is 17.4 Å². The molecule has 2 aliphatic heterocycles. The van der Waals surface area contributed by atoms with Crippen LogP contribution < -0.4 is 10.3 Å². The molecule has 0 aliphatic carbocycles. The number of benzene rings is 2. The van der Waals surface area contributed by atoms with Crippen molar-refractivity contribution in [2.75, 3.05) is 4.90 Å². The van der Waals surface area contributed by atoms with Gasteiger partial charge in [0.15, 0.2) is 0 Å². The summed E-state index contributed by atoms with van der Waals surface area (Å²) in [5.41, 5.74) is 2.82. The van der Waals surface area contributed by atoms with Crippen LogP contribution >= 0.6 is 11.6 Å². The normalized spacial score (nSPS) is 21.0. The van der Waals surface area contributed by atoms with Gasteiger partial charge in [-0.2, -0.15) is 5.10 Å². The summed E-state index contributed by atoms with van der Waals surface area (Å²) >= 11 is 5.87. The number of hydrogen-bond donors (Lipinski definition) is 1. The predicted molar refractivity (Wildman–Crippen MR) is 103 cm³/mol. The predicted octanol–water partition coefficient (Wildman–Crippen LogP) is 2.43. The second kappa shape index (κ2) is 7.09. The Morgan fingerprint density at radius 3 is 2.54 bits per heavy atom. The molecule has 7 nitrogen and oxygen atoms in total. The van der Waals surface area contributed by atoms with Crippen LogP contribution in [0, 0.1) is 0 Å². The van der Waals surface area contributed by atoms with E-state index in [-0.39, 0.29) is 31.1 Å². The topological polar surface area (TPSA) is 88.1 Å². The van der Waals surface area contributed by atoms with Gasteiger partial charge in [-0.15, -0.1) is 0 Å². The number of hydrogen-bond acceptors (Lipinski definition) is 6. The molecule has 0 aromatic heterocycles. The average Bonchev–Trinajstić information content (AvgIpc) is 3.23. The van der Waals surface area contributed by atoms with Crippen molar-refractivity contribution < 1.29 is 19.1 Å². The van der Waals surface area contributed by atoms with Gasteiger partial charge in [-0.3, -0.25) is 15.0 Å². The SMILES string of the molecule is O=C(OCc1ccccc1)C1=NN[C@]2(CC(=O)N(c3ccc(Cl)cc3)C2=O)C1. The highest BCUT2D eigenvalue weighted by Gasteiger charge is 2.56. The molecule has 0 unspecified atom stereocenters. The third kappa shape index (κ3) is 3.25. The largest absolute Gasteiger partial charge is 0.456 e. The zero-order chi connectivity index (χ0) is 19.7. The second-order valence-corrected chi connectivity index (χ2v) is 7.11. The number of ether oxygens (including phenoxy) is 1. The summed E-state index contributed by atoms with van der Waals surface area (Å²) in [5.74, 6) is -1.43. The lowest BCUT2D eigenvalue weighted by Gasteiger charge is -2.21. The highest BCUT2D eigenvalue weighted by Crippen LogP contribution is 2.35. The minimum atomic E-state index is -1.25. The van der Waals surface area contributed by atoms with Crippen molar-refractivity contribution in [3.8, 4) is 0 Å². The molecule has 1 N–H and O–H groups in total. The van der Waals surface area contributed by atoms with Gasteiger partial charge < -0.3 is 4.74 Å². The van der Waals surface area contributed by atoms with E-state index in [2.05, 4.69) is 10.5 Å². The van der Waals surface area contributed by atoms with E-state index >= 15 is 0 Å². The van der Waals surface area contributed by atoms with Crippen LogP contribution in [0.3, 0.4) is 0 Å². The first-order valence-corrected chi connectivity index (χ1v) is 9.04. The average molecular weight is 398 g/mol. The monoisotopic (exact) mass is 397 g/mol. The first-order chi connectivity index (χ1) is 13.5. The Hall–Kier alpha value is -3.19. The van der Waals surface area contributed by atoms with Crippen molar-refractivity contribution in [2.45, 2.75) is 25.0 Å². The number of nitrogens with one attached hydrogen (secondary N) is 1. The lowest BCUT2D eigenvalue weighted by Crippen LogP contribution is -2.47. The molecule has 2 aromatic carbocycles. The van der Waals surface area contributed by atoms with Gasteiger partial charge in [0.2, 0.25) is 5.91 Å². The summed E-state index contributed by atoms with van der Waals surface area (Å²) in [5, 5.41) is 4.48. The Balaban J connectivity index is 1.44. The second-order valence-electron chi connectivity index (χ2n) is 6.68. The maximum absolute atomic E-state index is 13.0. The smallest absolute Gasteiger partial charge is 0.354 e. The van der Waals surface area contributed by atoms with E-state index in [0.29, 0.717) is 10.7 Å². The van der Waals surface area contributed by atoms with Crippen LogP contribution in [0.4, 0.5) is 5.69 Å². The van der Waals surface area contributed by atoms with Crippen LogP contribution in [0.25, 0.3) is 0 Å². The number of hydrazone groups is 1. The highest BCUT2D eigenvalue weighted by molar-refractivity contribution is 6.39. The van der Waals surface area contributed by atoms with E-state index in [0.717, 1.165) is 10.5 Å². The van der Waals surface area contributed by atoms with Gasteiger partial charge in [0.25, 0.3) is 5.91 Å². The molecule has 1 saturated heterocycles. The molecule has 2 aromatic rings. The van der Waals surface area contributed by atoms with Gasteiger partial charge in [-0.25, -0.2) is 9.69 Å².